The second-order valence-electron chi connectivity index (χ2n) is 6.08. The lowest BCUT2D eigenvalue weighted by Gasteiger charge is -2.37. The summed E-state index contributed by atoms with van der Waals surface area (Å²) in [5.41, 5.74) is 13.6. The van der Waals surface area contributed by atoms with Gasteiger partial charge in [-0.1, -0.05) is 29.8 Å². The van der Waals surface area contributed by atoms with Crippen LogP contribution in [0.5, 0.6) is 0 Å². The normalized spacial score (nSPS) is 16.3. The highest BCUT2D eigenvalue weighted by Gasteiger charge is 2.27. The van der Waals surface area contributed by atoms with Crippen molar-refractivity contribution in [1.82, 2.24) is 9.97 Å². The first-order valence-corrected chi connectivity index (χ1v) is 8.89. The number of alkyl halides is 1. The van der Waals surface area contributed by atoms with Gasteiger partial charge in [0.15, 0.2) is 5.82 Å². The van der Waals surface area contributed by atoms with Gasteiger partial charge in [-0.3, -0.25) is 0 Å². The van der Waals surface area contributed by atoms with Crippen LogP contribution in [0.1, 0.15) is 19.8 Å². The standard InChI is InChI=1S/C16H20ClN5.CH3Cl/c1-16(19)6-8-22(9-7-16)13-10-20-14(15(18)21-13)11-4-2-3-5-12(11)17;1-2/h2-5,10H,6-9,19H2,1H3,(H2,18,21);1H3. The summed E-state index contributed by atoms with van der Waals surface area (Å²) in [6.45, 7) is 3.82. The Hall–Kier alpha value is -1.56. The molecule has 7 heteroatoms. The smallest absolute Gasteiger partial charge is 0.152 e. The fourth-order valence-electron chi connectivity index (χ4n) is 2.65. The van der Waals surface area contributed by atoms with E-state index in [9.17, 15) is 0 Å². The van der Waals surface area contributed by atoms with E-state index < -0.39 is 0 Å². The van der Waals surface area contributed by atoms with Gasteiger partial charge in [0.25, 0.3) is 0 Å². The van der Waals surface area contributed by atoms with Gasteiger partial charge < -0.3 is 16.4 Å². The van der Waals surface area contributed by atoms with Gasteiger partial charge in [-0.15, -0.1) is 11.6 Å². The predicted molar refractivity (Wildman–Crippen MR) is 103 cm³/mol. The van der Waals surface area contributed by atoms with Crippen LogP contribution < -0.4 is 16.4 Å². The lowest BCUT2D eigenvalue weighted by atomic mass is 9.91. The summed E-state index contributed by atoms with van der Waals surface area (Å²) in [6, 6.07) is 7.49. The molecule has 5 nitrogen and oxygen atoms in total. The molecule has 24 heavy (non-hydrogen) atoms. The van der Waals surface area contributed by atoms with Crippen molar-refractivity contribution in [2.75, 3.05) is 30.1 Å². The molecule has 130 valence electrons. The van der Waals surface area contributed by atoms with Crippen molar-refractivity contribution in [2.24, 2.45) is 5.73 Å². The number of piperidine rings is 1. The van der Waals surface area contributed by atoms with Crippen molar-refractivity contribution in [3.05, 3.63) is 35.5 Å². The van der Waals surface area contributed by atoms with Crippen LogP contribution in [-0.4, -0.2) is 35.0 Å². The largest absolute Gasteiger partial charge is 0.382 e. The van der Waals surface area contributed by atoms with E-state index >= 15 is 0 Å². The fraction of sp³-hybridized carbons (Fsp3) is 0.412. The van der Waals surface area contributed by atoms with Gasteiger partial charge in [0.1, 0.15) is 11.5 Å². The number of hydrogen-bond donors (Lipinski definition) is 2. The SMILES string of the molecule is CC1(N)CCN(c2cnc(-c3ccccc3Cl)c(N)n2)CC1.CCl. The molecule has 1 aliphatic heterocycles. The molecule has 1 aromatic carbocycles. The fourth-order valence-corrected chi connectivity index (χ4v) is 2.88. The maximum absolute atomic E-state index is 6.20. The molecule has 0 unspecified atom stereocenters. The molecule has 1 aromatic heterocycles. The minimum Gasteiger partial charge on any atom is -0.382 e. The summed E-state index contributed by atoms with van der Waals surface area (Å²) in [5, 5.41) is 0.619. The molecule has 2 heterocycles. The number of halogens is 2. The molecule has 1 fully saturated rings. The molecule has 0 atom stereocenters. The van der Waals surface area contributed by atoms with Crippen LogP contribution in [0.4, 0.5) is 11.6 Å². The van der Waals surface area contributed by atoms with Gasteiger partial charge >= 0.3 is 0 Å². The van der Waals surface area contributed by atoms with Crippen molar-refractivity contribution in [1.29, 1.82) is 0 Å². The number of anilines is 2. The molecule has 1 saturated heterocycles. The van der Waals surface area contributed by atoms with Crippen molar-refractivity contribution in [2.45, 2.75) is 25.3 Å². The van der Waals surface area contributed by atoms with Crippen LogP contribution >= 0.6 is 23.2 Å². The third kappa shape index (κ3) is 4.29. The van der Waals surface area contributed by atoms with Crippen LogP contribution in [0.2, 0.25) is 5.02 Å². The molecule has 2 aromatic rings. The van der Waals surface area contributed by atoms with E-state index in [0.29, 0.717) is 16.5 Å². The summed E-state index contributed by atoms with van der Waals surface area (Å²) in [7, 11) is 0. The summed E-state index contributed by atoms with van der Waals surface area (Å²) in [6.07, 6.45) is 5.09. The van der Waals surface area contributed by atoms with E-state index in [1.165, 1.54) is 6.38 Å². The number of nitrogens with two attached hydrogens (primary N) is 2. The lowest BCUT2D eigenvalue weighted by molar-refractivity contribution is 0.363. The highest BCUT2D eigenvalue weighted by atomic mass is 35.5. The Morgan fingerprint density at radius 2 is 1.79 bits per heavy atom. The van der Waals surface area contributed by atoms with E-state index in [4.69, 9.17) is 23.1 Å². The Balaban J connectivity index is 0.00000100. The van der Waals surface area contributed by atoms with Gasteiger partial charge in [0, 0.05) is 30.6 Å². The van der Waals surface area contributed by atoms with Crippen LogP contribution in [0.25, 0.3) is 11.3 Å². The summed E-state index contributed by atoms with van der Waals surface area (Å²) >= 11 is 10.8. The number of rotatable bonds is 2. The summed E-state index contributed by atoms with van der Waals surface area (Å²) in [4.78, 5) is 11.2. The third-order valence-corrected chi connectivity index (χ3v) is 4.47. The van der Waals surface area contributed by atoms with Crippen molar-refractivity contribution >= 4 is 34.8 Å². The Bertz CT molecular complexity index is 680. The highest BCUT2D eigenvalue weighted by molar-refractivity contribution is 6.33. The first-order valence-electron chi connectivity index (χ1n) is 7.75. The average Bonchev–Trinajstić information content (AvgIpc) is 2.57. The molecule has 0 bridgehead atoms. The van der Waals surface area contributed by atoms with E-state index in [1.807, 2.05) is 24.3 Å². The van der Waals surface area contributed by atoms with E-state index in [2.05, 4.69) is 33.4 Å². The molecule has 1 aliphatic rings. The Morgan fingerprint density at radius 1 is 1.17 bits per heavy atom. The molecule has 0 radical (unpaired) electrons. The molecule has 0 amide bonds. The zero-order valence-electron chi connectivity index (χ0n) is 14.0. The molecular formula is C17H23Cl2N5. The maximum Gasteiger partial charge on any atom is 0.152 e. The van der Waals surface area contributed by atoms with Crippen LogP contribution in [0, 0.1) is 0 Å². The van der Waals surface area contributed by atoms with Crippen molar-refractivity contribution in [3.63, 3.8) is 0 Å². The topological polar surface area (TPSA) is 81.1 Å². The zero-order chi connectivity index (χ0) is 17.7. The number of hydrogen-bond acceptors (Lipinski definition) is 5. The lowest BCUT2D eigenvalue weighted by Crippen LogP contribution is -2.48. The predicted octanol–water partition coefficient (Wildman–Crippen LogP) is 3.55. The van der Waals surface area contributed by atoms with Crippen LogP contribution in [-0.2, 0) is 0 Å². The quantitative estimate of drug-likeness (QED) is 0.793. The van der Waals surface area contributed by atoms with Crippen LogP contribution in [0.15, 0.2) is 30.5 Å². The number of aromatic nitrogens is 2. The number of nitrogens with zero attached hydrogens (tertiary/aromatic N) is 3. The van der Waals surface area contributed by atoms with Crippen molar-refractivity contribution < 1.29 is 0 Å². The minimum absolute atomic E-state index is 0.0903. The Labute approximate surface area is 153 Å². The summed E-state index contributed by atoms with van der Waals surface area (Å²) < 4.78 is 0. The molecule has 4 N–H and O–H groups in total. The molecule has 3 rings (SSSR count). The first-order chi connectivity index (χ1) is 11.5. The molecule has 0 saturated carbocycles. The highest BCUT2D eigenvalue weighted by Crippen LogP contribution is 2.31. The number of nitrogen functional groups attached to an aromatic ring is 1. The van der Waals surface area contributed by atoms with Gasteiger partial charge in [0.2, 0.25) is 0 Å². The van der Waals surface area contributed by atoms with E-state index in [1.54, 1.807) is 6.20 Å². The van der Waals surface area contributed by atoms with Gasteiger partial charge in [-0.05, 0) is 25.8 Å². The zero-order valence-corrected chi connectivity index (χ0v) is 15.5. The monoisotopic (exact) mass is 367 g/mol. The van der Waals surface area contributed by atoms with Crippen molar-refractivity contribution in [3.8, 4) is 11.3 Å². The Kier molecular flexibility index (Phi) is 6.27. The second-order valence-corrected chi connectivity index (χ2v) is 6.49. The molecular weight excluding hydrogens is 345 g/mol. The van der Waals surface area contributed by atoms with E-state index in [0.717, 1.165) is 37.3 Å². The van der Waals surface area contributed by atoms with Gasteiger partial charge in [-0.2, -0.15) is 0 Å². The number of benzene rings is 1. The molecule has 0 aliphatic carbocycles. The second kappa shape index (κ2) is 8.01. The first kappa shape index (κ1) is 18.8. The Morgan fingerprint density at radius 3 is 2.38 bits per heavy atom. The maximum atomic E-state index is 6.20. The third-order valence-electron chi connectivity index (χ3n) is 4.15. The summed E-state index contributed by atoms with van der Waals surface area (Å²) in [5.74, 6) is 1.19. The van der Waals surface area contributed by atoms with E-state index in [-0.39, 0.29) is 5.54 Å². The van der Waals surface area contributed by atoms with Gasteiger partial charge in [0.05, 0.1) is 11.2 Å². The molecule has 0 spiro atoms. The van der Waals surface area contributed by atoms with Gasteiger partial charge in [-0.25, -0.2) is 9.97 Å². The average molecular weight is 368 g/mol. The minimum atomic E-state index is -0.0903. The van der Waals surface area contributed by atoms with Crippen LogP contribution in [0.3, 0.4) is 0 Å².